The van der Waals surface area contributed by atoms with Crippen molar-refractivity contribution >= 4 is 34.4 Å². The van der Waals surface area contributed by atoms with Gasteiger partial charge in [-0.3, -0.25) is 10.3 Å². The predicted octanol–water partition coefficient (Wildman–Crippen LogP) is 4.80. The Morgan fingerprint density at radius 2 is 1.93 bits per heavy atom. The van der Waals surface area contributed by atoms with Crippen LogP contribution in [0.4, 0.5) is 5.13 Å². The summed E-state index contributed by atoms with van der Waals surface area (Å²) >= 11 is 3.61. The second kappa shape index (κ2) is 9.17. The Hall–Kier alpha value is -2.15. The first-order chi connectivity index (χ1) is 13.4. The Labute approximate surface area is 168 Å². The standard InChI is InChI=1S/C21H22N4S2/c1-2-7-19(8-3-1)20-16-27-21(23-20)24-22-14-17-5-4-6-18(13-17)15-25-9-11-26-12-10-25/h1-8,13-14,16H,9-12,15H2,(H,23,24). The van der Waals surface area contributed by atoms with E-state index >= 15 is 0 Å². The zero-order chi connectivity index (χ0) is 18.3. The zero-order valence-electron chi connectivity index (χ0n) is 15.0. The van der Waals surface area contributed by atoms with Gasteiger partial charge in [0.15, 0.2) is 0 Å². The molecule has 1 fully saturated rings. The van der Waals surface area contributed by atoms with E-state index in [2.05, 4.69) is 56.8 Å². The minimum atomic E-state index is 0.798. The molecule has 0 aliphatic carbocycles. The van der Waals surface area contributed by atoms with Crippen molar-refractivity contribution in [2.75, 3.05) is 30.0 Å². The fourth-order valence-electron chi connectivity index (χ4n) is 3.02. The van der Waals surface area contributed by atoms with Crippen LogP contribution in [0.5, 0.6) is 0 Å². The van der Waals surface area contributed by atoms with Gasteiger partial charge in [0.1, 0.15) is 0 Å². The number of hydrogen-bond acceptors (Lipinski definition) is 6. The molecule has 1 aromatic heterocycles. The molecule has 27 heavy (non-hydrogen) atoms. The van der Waals surface area contributed by atoms with Gasteiger partial charge in [-0.1, -0.05) is 48.5 Å². The molecule has 3 aromatic rings. The number of hydrazone groups is 1. The Morgan fingerprint density at radius 1 is 1.07 bits per heavy atom. The number of thioether (sulfide) groups is 1. The van der Waals surface area contributed by atoms with Gasteiger partial charge >= 0.3 is 0 Å². The van der Waals surface area contributed by atoms with Crippen LogP contribution < -0.4 is 5.43 Å². The van der Waals surface area contributed by atoms with Crippen LogP contribution in [0.1, 0.15) is 11.1 Å². The number of benzene rings is 2. The Balaban J connectivity index is 1.36. The van der Waals surface area contributed by atoms with Crippen LogP contribution in [0.15, 0.2) is 65.1 Å². The quantitative estimate of drug-likeness (QED) is 0.481. The van der Waals surface area contributed by atoms with Gasteiger partial charge in [-0.05, 0) is 17.2 Å². The van der Waals surface area contributed by atoms with Gasteiger partial charge < -0.3 is 0 Å². The zero-order valence-corrected chi connectivity index (χ0v) is 16.7. The first kappa shape index (κ1) is 18.2. The number of hydrogen-bond donors (Lipinski definition) is 1. The lowest BCUT2D eigenvalue weighted by atomic mass is 10.1. The molecule has 4 rings (SSSR count). The summed E-state index contributed by atoms with van der Waals surface area (Å²) in [6.45, 7) is 3.37. The van der Waals surface area contributed by atoms with Crippen LogP contribution in [0.2, 0.25) is 0 Å². The van der Waals surface area contributed by atoms with E-state index in [1.807, 2.05) is 41.6 Å². The van der Waals surface area contributed by atoms with Crippen LogP contribution >= 0.6 is 23.1 Å². The summed E-state index contributed by atoms with van der Waals surface area (Å²) in [4.78, 5) is 7.11. The molecule has 2 aromatic carbocycles. The number of anilines is 1. The van der Waals surface area contributed by atoms with Crippen LogP contribution in [-0.2, 0) is 6.54 Å². The largest absolute Gasteiger partial charge is 0.297 e. The molecule has 0 saturated carbocycles. The molecular formula is C21H22N4S2. The fourth-order valence-corrected chi connectivity index (χ4v) is 4.67. The summed E-state index contributed by atoms with van der Waals surface area (Å²) in [5.41, 5.74) is 7.58. The first-order valence-electron chi connectivity index (χ1n) is 9.06. The molecule has 0 amide bonds. The summed E-state index contributed by atoms with van der Waals surface area (Å²) in [5.74, 6) is 2.48. The molecule has 0 atom stereocenters. The minimum absolute atomic E-state index is 0.798. The van der Waals surface area contributed by atoms with Crippen molar-refractivity contribution in [1.82, 2.24) is 9.88 Å². The minimum Gasteiger partial charge on any atom is -0.297 e. The molecule has 138 valence electrons. The number of aromatic nitrogens is 1. The second-order valence-corrected chi connectivity index (χ2v) is 8.49. The van der Waals surface area contributed by atoms with E-state index < -0.39 is 0 Å². The van der Waals surface area contributed by atoms with Gasteiger partial charge in [-0.2, -0.15) is 16.9 Å². The molecule has 0 spiro atoms. The SMILES string of the molecule is C(=NNc1nc(-c2ccccc2)cs1)c1cccc(CN2CCSCC2)c1. The van der Waals surface area contributed by atoms with Gasteiger partial charge in [0.05, 0.1) is 11.9 Å². The Morgan fingerprint density at radius 3 is 2.78 bits per heavy atom. The van der Waals surface area contributed by atoms with Gasteiger partial charge in [-0.15, -0.1) is 11.3 Å². The van der Waals surface area contributed by atoms with Crippen LogP contribution in [0.25, 0.3) is 11.3 Å². The molecule has 0 radical (unpaired) electrons. The van der Waals surface area contributed by atoms with Crippen molar-refractivity contribution in [3.05, 3.63) is 71.1 Å². The van der Waals surface area contributed by atoms with Crippen molar-refractivity contribution in [1.29, 1.82) is 0 Å². The average Bonchev–Trinajstić information content (AvgIpc) is 3.19. The van der Waals surface area contributed by atoms with Gasteiger partial charge in [0.25, 0.3) is 0 Å². The third kappa shape index (κ3) is 5.19. The summed E-state index contributed by atoms with van der Waals surface area (Å²) in [7, 11) is 0. The molecule has 0 bridgehead atoms. The maximum atomic E-state index is 4.59. The smallest absolute Gasteiger partial charge is 0.203 e. The van der Waals surface area contributed by atoms with Crippen LogP contribution in [0, 0.1) is 0 Å². The van der Waals surface area contributed by atoms with Crippen LogP contribution in [-0.4, -0.2) is 40.7 Å². The highest BCUT2D eigenvalue weighted by molar-refractivity contribution is 7.99. The van der Waals surface area contributed by atoms with E-state index in [-0.39, 0.29) is 0 Å². The molecule has 1 saturated heterocycles. The number of nitrogens with one attached hydrogen (secondary N) is 1. The second-order valence-electron chi connectivity index (χ2n) is 6.41. The highest BCUT2D eigenvalue weighted by Gasteiger charge is 2.10. The lowest BCUT2D eigenvalue weighted by Gasteiger charge is -2.26. The lowest BCUT2D eigenvalue weighted by Crippen LogP contribution is -2.31. The average molecular weight is 395 g/mol. The normalized spacial score (nSPS) is 15.3. The topological polar surface area (TPSA) is 40.5 Å². The van der Waals surface area contributed by atoms with E-state index in [0.717, 1.165) is 28.5 Å². The van der Waals surface area contributed by atoms with Gasteiger partial charge in [-0.25, -0.2) is 4.98 Å². The highest BCUT2D eigenvalue weighted by Crippen LogP contribution is 2.24. The molecule has 2 heterocycles. The fraction of sp³-hybridized carbons (Fsp3) is 0.238. The molecule has 1 N–H and O–H groups in total. The Bertz CT molecular complexity index is 886. The van der Waals surface area contributed by atoms with E-state index in [1.54, 1.807) is 11.3 Å². The third-order valence-electron chi connectivity index (χ3n) is 4.41. The van der Waals surface area contributed by atoms with Crippen molar-refractivity contribution in [2.45, 2.75) is 6.54 Å². The summed E-state index contributed by atoms with van der Waals surface area (Å²) in [6, 6.07) is 18.8. The van der Waals surface area contributed by atoms with E-state index in [9.17, 15) is 0 Å². The van der Waals surface area contributed by atoms with Crippen molar-refractivity contribution < 1.29 is 0 Å². The first-order valence-corrected chi connectivity index (χ1v) is 11.1. The number of thiazole rings is 1. The molecule has 1 aliphatic rings. The third-order valence-corrected chi connectivity index (χ3v) is 6.10. The van der Waals surface area contributed by atoms with Crippen molar-refractivity contribution in [3.63, 3.8) is 0 Å². The summed E-state index contributed by atoms with van der Waals surface area (Å²) in [6.07, 6.45) is 1.86. The molecular weight excluding hydrogens is 372 g/mol. The van der Waals surface area contributed by atoms with Gasteiger partial charge in [0.2, 0.25) is 5.13 Å². The molecule has 4 nitrogen and oxygen atoms in total. The monoisotopic (exact) mass is 394 g/mol. The molecule has 1 aliphatic heterocycles. The summed E-state index contributed by atoms with van der Waals surface area (Å²) < 4.78 is 0. The lowest BCUT2D eigenvalue weighted by molar-refractivity contribution is 0.294. The maximum absolute atomic E-state index is 4.59. The van der Waals surface area contributed by atoms with Crippen LogP contribution in [0.3, 0.4) is 0 Å². The molecule has 6 heteroatoms. The maximum Gasteiger partial charge on any atom is 0.203 e. The highest BCUT2D eigenvalue weighted by atomic mass is 32.2. The predicted molar refractivity (Wildman–Crippen MR) is 118 cm³/mol. The van der Waals surface area contributed by atoms with E-state index in [4.69, 9.17) is 0 Å². The summed E-state index contributed by atoms with van der Waals surface area (Å²) in [5, 5.41) is 7.21. The number of nitrogens with zero attached hydrogens (tertiary/aromatic N) is 3. The van der Waals surface area contributed by atoms with E-state index in [0.29, 0.717) is 0 Å². The van der Waals surface area contributed by atoms with Crippen molar-refractivity contribution in [3.8, 4) is 11.3 Å². The van der Waals surface area contributed by atoms with Crippen molar-refractivity contribution in [2.24, 2.45) is 5.10 Å². The van der Waals surface area contributed by atoms with E-state index in [1.165, 1.54) is 30.2 Å². The number of rotatable bonds is 6. The Kier molecular flexibility index (Phi) is 6.19. The van der Waals surface area contributed by atoms with Gasteiger partial charge in [0, 0.05) is 42.1 Å². The molecule has 0 unspecified atom stereocenters.